The molecule has 0 amide bonds. The largest absolute Gasteiger partial charge is 0.504 e. The third-order valence-corrected chi connectivity index (χ3v) is 1.75. The van der Waals surface area contributed by atoms with Gasteiger partial charge in [-0.15, -0.1) is 0 Å². The van der Waals surface area contributed by atoms with E-state index in [0.717, 1.165) is 0 Å². The Balaban J connectivity index is 3.25. The third kappa shape index (κ3) is 1.90. The van der Waals surface area contributed by atoms with E-state index in [1.54, 1.807) is 26.2 Å². The molecule has 1 aromatic rings. The average Bonchev–Trinajstić information content (AvgIpc) is 2.18. The van der Waals surface area contributed by atoms with Crippen LogP contribution in [0.5, 0.6) is 11.5 Å². The summed E-state index contributed by atoms with van der Waals surface area (Å²) in [6.07, 6.45) is 2.95. The Bertz CT molecular complexity index is 347. The Morgan fingerprint density at radius 3 is 1.57 bits per heavy atom. The van der Waals surface area contributed by atoms with Crippen molar-refractivity contribution in [2.75, 3.05) is 14.1 Å². The van der Waals surface area contributed by atoms with Gasteiger partial charge in [0.05, 0.1) is 0 Å². The zero-order valence-electron chi connectivity index (χ0n) is 8.10. The number of hydrogen-bond acceptors (Lipinski definition) is 4. The molecule has 4 heteroatoms. The maximum absolute atomic E-state index is 9.53. The van der Waals surface area contributed by atoms with E-state index in [2.05, 4.69) is 9.98 Å². The van der Waals surface area contributed by atoms with Gasteiger partial charge in [0.1, 0.15) is 0 Å². The van der Waals surface area contributed by atoms with Crippen LogP contribution in [-0.2, 0) is 0 Å². The van der Waals surface area contributed by atoms with Crippen LogP contribution in [-0.4, -0.2) is 36.7 Å². The van der Waals surface area contributed by atoms with Gasteiger partial charge >= 0.3 is 0 Å². The molecule has 0 fully saturated rings. The van der Waals surface area contributed by atoms with Crippen LogP contribution in [0.25, 0.3) is 0 Å². The minimum Gasteiger partial charge on any atom is -0.504 e. The minimum atomic E-state index is -0.173. The molecule has 14 heavy (non-hydrogen) atoms. The van der Waals surface area contributed by atoms with Gasteiger partial charge in [-0.2, -0.15) is 0 Å². The molecule has 2 N–H and O–H groups in total. The molecule has 0 saturated heterocycles. The van der Waals surface area contributed by atoms with Crippen LogP contribution in [0, 0.1) is 0 Å². The summed E-state index contributed by atoms with van der Waals surface area (Å²) in [5.41, 5.74) is 0.969. The second-order valence-corrected chi connectivity index (χ2v) is 2.72. The summed E-state index contributed by atoms with van der Waals surface area (Å²) in [6.45, 7) is 0. The number of benzene rings is 1. The third-order valence-electron chi connectivity index (χ3n) is 1.75. The Kier molecular flexibility index (Phi) is 3.23. The molecular weight excluding hydrogens is 180 g/mol. The Morgan fingerprint density at radius 1 is 0.929 bits per heavy atom. The molecule has 0 spiro atoms. The second-order valence-electron chi connectivity index (χ2n) is 2.72. The van der Waals surface area contributed by atoms with Crippen molar-refractivity contribution >= 4 is 12.4 Å². The van der Waals surface area contributed by atoms with Gasteiger partial charge in [0, 0.05) is 37.7 Å². The van der Waals surface area contributed by atoms with Gasteiger partial charge < -0.3 is 10.2 Å². The predicted octanol–water partition coefficient (Wildman–Crippen LogP) is 1.20. The smallest absolute Gasteiger partial charge is 0.167 e. The molecule has 0 bridgehead atoms. The van der Waals surface area contributed by atoms with E-state index in [1.165, 1.54) is 12.4 Å². The summed E-state index contributed by atoms with van der Waals surface area (Å²) in [4.78, 5) is 7.51. The summed E-state index contributed by atoms with van der Waals surface area (Å²) < 4.78 is 0. The van der Waals surface area contributed by atoms with E-state index >= 15 is 0 Å². The highest BCUT2D eigenvalue weighted by atomic mass is 16.3. The van der Waals surface area contributed by atoms with Crippen LogP contribution in [0.1, 0.15) is 11.1 Å². The summed E-state index contributed by atoms with van der Waals surface area (Å²) >= 11 is 0. The zero-order valence-corrected chi connectivity index (χ0v) is 8.10. The topological polar surface area (TPSA) is 65.2 Å². The van der Waals surface area contributed by atoms with Crippen molar-refractivity contribution in [1.82, 2.24) is 0 Å². The number of hydrogen-bond donors (Lipinski definition) is 2. The quantitative estimate of drug-likeness (QED) is 0.546. The van der Waals surface area contributed by atoms with Crippen molar-refractivity contribution in [2.24, 2.45) is 9.98 Å². The second kappa shape index (κ2) is 4.41. The predicted molar refractivity (Wildman–Crippen MR) is 56.8 cm³/mol. The lowest BCUT2D eigenvalue weighted by Crippen LogP contribution is -1.88. The Hall–Kier alpha value is -1.84. The van der Waals surface area contributed by atoms with E-state index in [1.807, 2.05) is 0 Å². The highest BCUT2D eigenvalue weighted by molar-refractivity contribution is 5.91. The van der Waals surface area contributed by atoms with Crippen LogP contribution < -0.4 is 0 Å². The van der Waals surface area contributed by atoms with Gasteiger partial charge in [0.25, 0.3) is 0 Å². The number of aromatic hydroxyl groups is 2. The first-order valence-electron chi connectivity index (χ1n) is 4.10. The minimum absolute atomic E-state index is 0.173. The molecule has 0 aromatic heterocycles. The summed E-state index contributed by atoms with van der Waals surface area (Å²) in [7, 11) is 3.19. The van der Waals surface area contributed by atoms with E-state index in [0.29, 0.717) is 11.1 Å². The van der Waals surface area contributed by atoms with Gasteiger partial charge in [-0.1, -0.05) is 0 Å². The van der Waals surface area contributed by atoms with Crippen LogP contribution >= 0.6 is 0 Å². The van der Waals surface area contributed by atoms with Crippen molar-refractivity contribution < 1.29 is 10.2 Å². The molecule has 0 radical (unpaired) electrons. The highest BCUT2D eigenvalue weighted by Gasteiger charge is 2.08. The van der Waals surface area contributed by atoms with E-state index in [-0.39, 0.29) is 11.5 Å². The Morgan fingerprint density at radius 2 is 1.29 bits per heavy atom. The zero-order chi connectivity index (χ0) is 10.6. The lowest BCUT2D eigenvalue weighted by Gasteiger charge is -2.04. The molecule has 4 nitrogen and oxygen atoms in total. The summed E-state index contributed by atoms with van der Waals surface area (Å²) in [5.74, 6) is -0.346. The van der Waals surface area contributed by atoms with Crippen LogP contribution in [0.3, 0.4) is 0 Å². The molecular formula is C10H12N2O2. The molecule has 0 saturated carbocycles. The monoisotopic (exact) mass is 192 g/mol. The van der Waals surface area contributed by atoms with Crippen LogP contribution in [0.2, 0.25) is 0 Å². The lowest BCUT2D eigenvalue weighted by atomic mass is 10.1. The van der Waals surface area contributed by atoms with E-state index in [4.69, 9.17) is 0 Å². The Labute approximate surface area is 82.3 Å². The molecule has 0 aliphatic rings. The number of phenols is 2. The first-order chi connectivity index (χ1) is 6.70. The number of aliphatic imine (C=N–C) groups is 2. The summed E-state index contributed by atoms with van der Waals surface area (Å²) in [6, 6.07) is 3.33. The van der Waals surface area contributed by atoms with Crippen molar-refractivity contribution in [3.8, 4) is 11.5 Å². The fraction of sp³-hybridized carbons (Fsp3) is 0.200. The van der Waals surface area contributed by atoms with Gasteiger partial charge in [0.2, 0.25) is 0 Å². The fourth-order valence-electron chi connectivity index (χ4n) is 1.10. The van der Waals surface area contributed by atoms with Gasteiger partial charge in [-0.3, -0.25) is 9.98 Å². The van der Waals surface area contributed by atoms with Gasteiger partial charge in [-0.05, 0) is 12.1 Å². The molecule has 74 valence electrons. The normalized spacial score (nSPS) is 11.6. The van der Waals surface area contributed by atoms with Crippen molar-refractivity contribution in [3.05, 3.63) is 23.3 Å². The first-order valence-corrected chi connectivity index (χ1v) is 4.10. The van der Waals surface area contributed by atoms with E-state index in [9.17, 15) is 10.2 Å². The average molecular weight is 192 g/mol. The van der Waals surface area contributed by atoms with Gasteiger partial charge in [0.15, 0.2) is 11.5 Å². The van der Waals surface area contributed by atoms with Crippen LogP contribution in [0.15, 0.2) is 22.1 Å². The molecule has 0 aliphatic carbocycles. The first kappa shape index (κ1) is 10.2. The maximum atomic E-state index is 9.53. The van der Waals surface area contributed by atoms with Crippen molar-refractivity contribution in [1.29, 1.82) is 0 Å². The molecule has 0 unspecified atom stereocenters. The van der Waals surface area contributed by atoms with Crippen molar-refractivity contribution in [2.45, 2.75) is 0 Å². The molecule has 1 aromatic carbocycles. The van der Waals surface area contributed by atoms with E-state index < -0.39 is 0 Å². The molecule has 0 aliphatic heterocycles. The summed E-state index contributed by atoms with van der Waals surface area (Å²) in [5, 5.41) is 19.1. The van der Waals surface area contributed by atoms with Crippen LogP contribution in [0.4, 0.5) is 0 Å². The lowest BCUT2D eigenvalue weighted by molar-refractivity contribution is 0.402. The number of rotatable bonds is 2. The molecule has 0 heterocycles. The molecule has 1 rings (SSSR count). The van der Waals surface area contributed by atoms with Gasteiger partial charge in [-0.25, -0.2) is 0 Å². The standard InChI is InChI=1S/C10H12N2O2/c1-11-5-7-3-4-8(6-12-2)10(14)9(7)13/h3-6,13-14H,1-2H3. The SMILES string of the molecule is CN=Cc1ccc(C=NC)c(O)c1O. The maximum Gasteiger partial charge on any atom is 0.167 e. The van der Waals surface area contributed by atoms with Crippen molar-refractivity contribution in [3.63, 3.8) is 0 Å². The molecule has 0 atom stereocenters. The fourth-order valence-corrected chi connectivity index (χ4v) is 1.10. The number of phenolic OH excluding ortho intramolecular Hbond substituents is 2. The highest BCUT2D eigenvalue weighted by Crippen LogP contribution is 2.30. The number of nitrogens with zero attached hydrogens (tertiary/aromatic N) is 2.